The van der Waals surface area contributed by atoms with E-state index in [0.717, 1.165) is 42.6 Å². The van der Waals surface area contributed by atoms with Gasteiger partial charge < -0.3 is 15.0 Å². The predicted molar refractivity (Wildman–Crippen MR) is 115 cm³/mol. The van der Waals surface area contributed by atoms with Gasteiger partial charge in [-0.2, -0.15) is 0 Å². The zero-order valence-corrected chi connectivity index (χ0v) is 17.4. The van der Waals surface area contributed by atoms with E-state index in [0.29, 0.717) is 17.2 Å². The van der Waals surface area contributed by atoms with E-state index in [4.69, 9.17) is 4.74 Å². The molecule has 156 valence electrons. The summed E-state index contributed by atoms with van der Waals surface area (Å²) < 4.78 is 18.3. The fourth-order valence-electron chi connectivity index (χ4n) is 3.29. The number of anilines is 2. The van der Waals surface area contributed by atoms with Crippen molar-refractivity contribution in [2.45, 2.75) is 6.54 Å². The van der Waals surface area contributed by atoms with Crippen molar-refractivity contribution in [1.29, 1.82) is 0 Å². The number of nitrogens with zero attached hydrogens (tertiary/aromatic N) is 4. The molecule has 2 heterocycles. The van der Waals surface area contributed by atoms with Gasteiger partial charge in [0.05, 0.1) is 13.7 Å². The van der Waals surface area contributed by atoms with E-state index in [-0.39, 0.29) is 11.7 Å². The van der Waals surface area contributed by atoms with Crippen LogP contribution in [0.3, 0.4) is 0 Å². The van der Waals surface area contributed by atoms with Crippen molar-refractivity contribution in [3.8, 4) is 5.75 Å². The van der Waals surface area contributed by atoms with Crippen molar-refractivity contribution in [1.82, 2.24) is 15.1 Å². The lowest BCUT2D eigenvalue weighted by molar-refractivity contribution is 0.102. The summed E-state index contributed by atoms with van der Waals surface area (Å²) in [5.41, 5.74) is 1.68. The average molecular weight is 428 g/mol. The molecule has 1 aliphatic heterocycles. The van der Waals surface area contributed by atoms with Crippen LogP contribution in [0.5, 0.6) is 5.75 Å². The SMILES string of the molecule is COc1cccc(N2CCN(Cc3nnc(C(=O)Nc4ccc(F)cc4)s3)CC2)c1. The minimum absolute atomic E-state index is 0.296. The second-order valence-electron chi connectivity index (χ2n) is 6.93. The van der Waals surface area contributed by atoms with Gasteiger partial charge in [0.2, 0.25) is 5.01 Å². The zero-order chi connectivity index (χ0) is 20.9. The number of amides is 1. The second-order valence-corrected chi connectivity index (χ2v) is 7.99. The van der Waals surface area contributed by atoms with Gasteiger partial charge in [-0.3, -0.25) is 9.69 Å². The number of carbonyl (C=O) groups excluding carboxylic acids is 1. The van der Waals surface area contributed by atoms with Gasteiger partial charge in [-0.15, -0.1) is 10.2 Å². The molecule has 1 aromatic heterocycles. The van der Waals surface area contributed by atoms with Gasteiger partial charge in [0, 0.05) is 43.6 Å². The summed E-state index contributed by atoms with van der Waals surface area (Å²) >= 11 is 1.28. The molecule has 0 unspecified atom stereocenters. The summed E-state index contributed by atoms with van der Waals surface area (Å²) in [4.78, 5) is 17.0. The maximum Gasteiger partial charge on any atom is 0.286 e. The topological polar surface area (TPSA) is 70.6 Å². The van der Waals surface area contributed by atoms with Gasteiger partial charge in [-0.25, -0.2) is 4.39 Å². The number of aromatic nitrogens is 2. The van der Waals surface area contributed by atoms with Crippen LogP contribution in [0.1, 0.15) is 14.8 Å². The van der Waals surface area contributed by atoms with Crippen LogP contribution >= 0.6 is 11.3 Å². The highest BCUT2D eigenvalue weighted by Crippen LogP contribution is 2.23. The number of hydrogen-bond donors (Lipinski definition) is 1. The Morgan fingerprint density at radius 3 is 2.63 bits per heavy atom. The zero-order valence-electron chi connectivity index (χ0n) is 16.5. The lowest BCUT2D eigenvalue weighted by Gasteiger charge is -2.35. The number of ether oxygens (including phenoxy) is 1. The van der Waals surface area contributed by atoms with E-state index in [1.807, 2.05) is 18.2 Å². The highest BCUT2D eigenvalue weighted by atomic mass is 32.1. The maximum absolute atomic E-state index is 13.0. The average Bonchev–Trinajstić information content (AvgIpc) is 3.24. The van der Waals surface area contributed by atoms with Gasteiger partial charge in [0.15, 0.2) is 0 Å². The molecule has 0 spiro atoms. The fourth-order valence-corrected chi connectivity index (χ4v) is 4.07. The Bertz CT molecular complexity index is 1000. The number of benzene rings is 2. The molecule has 1 aliphatic rings. The van der Waals surface area contributed by atoms with Crippen LogP contribution in [0, 0.1) is 5.82 Å². The van der Waals surface area contributed by atoms with Gasteiger partial charge in [0.1, 0.15) is 16.6 Å². The van der Waals surface area contributed by atoms with Crippen LogP contribution in [0.25, 0.3) is 0 Å². The lowest BCUT2D eigenvalue weighted by atomic mass is 10.2. The predicted octanol–water partition coefficient (Wildman–Crippen LogP) is 3.26. The molecule has 7 nitrogen and oxygen atoms in total. The van der Waals surface area contributed by atoms with E-state index in [1.54, 1.807) is 7.11 Å². The highest BCUT2D eigenvalue weighted by molar-refractivity contribution is 7.13. The Labute approximate surface area is 178 Å². The molecule has 30 heavy (non-hydrogen) atoms. The van der Waals surface area contributed by atoms with Crippen LogP contribution < -0.4 is 15.0 Å². The lowest BCUT2D eigenvalue weighted by Crippen LogP contribution is -2.45. The van der Waals surface area contributed by atoms with Crippen LogP contribution in [0.2, 0.25) is 0 Å². The Morgan fingerprint density at radius 2 is 1.90 bits per heavy atom. The van der Waals surface area contributed by atoms with Gasteiger partial charge in [-0.1, -0.05) is 17.4 Å². The Morgan fingerprint density at radius 1 is 1.13 bits per heavy atom. The number of methoxy groups -OCH3 is 1. The van der Waals surface area contributed by atoms with Crippen molar-refractivity contribution in [3.05, 3.63) is 64.4 Å². The van der Waals surface area contributed by atoms with Gasteiger partial charge in [-0.05, 0) is 36.4 Å². The molecule has 1 amide bonds. The molecule has 0 bridgehead atoms. The molecule has 2 aromatic carbocycles. The molecule has 1 N–H and O–H groups in total. The third-order valence-electron chi connectivity index (χ3n) is 4.91. The molecular formula is C21H22FN5O2S. The number of carbonyl (C=O) groups is 1. The molecule has 4 rings (SSSR count). The molecular weight excluding hydrogens is 405 g/mol. The van der Waals surface area contributed by atoms with E-state index >= 15 is 0 Å². The summed E-state index contributed by atoms with van der Waals surface area (Å²) in [5, 5.41) is 12.0. The van der Waals surface area contributed by atoms with E-state index in [2.05, 4.69) is 31.4 Å². The van der Waals surface area contributed by atoms with Crippen molar-refractivity contribution in [2.75, 3.05) is 43.5 Å². The quantitative estimate of drug-likeness (QED) is 0.651. The van der Waals surface area contributed by atoms with E-state index < -0.39 is 0 Å². The molecule has 0 atom stereocenters. The molecule has 0 saturated carbocycles. The molecule has 0 aliphatic carbocycles. The van der Waals surface area contributed by atoms with Gasteiger partial charge >= 0.3 is 0 Å². The third-order valence-corrected chi connectivity index (χ3v) is 5.82. The molecule has 3 aromatic rings. The number of piperazine rings is 1. The summed E-state index contributed by atoms with van der Waals surface area (Å²) in [6, 6.07) is 13.7. The highest BCUT2D eigenvalue weighted by Gasteiger charge is 2.20. The monoisotopic (exact) mass is 427 g/mol. The first kappa shape index (κ1) is 20.2. The first-order valence-electron chi connectivity index (χ1n) is 9.61. The summed E-state index contributed by atoms with van der Waals surface area (Å²) in [6.07, 6.45) is 0. The Kier molecular flexibility index (Phi) is 6.20. The van der Waals surface area contributed by atoms with E-state index in [1.165, 1.54) is 35.6 Å². The first-order chi connectivity index (χ1) is 14.6. The maximum atomic E-state index is 13.0. The number of halogens is 1. The first-order valence-corrected chi connectivity index (χ1v) is 10.4. The second kappa shape index (κ2) is 9.19. The Balaban J connectivity index is 1.30. The summed E-state index contributed by atoms with van der Waals surface area (Å²) in [6.45, 7) is 4.27. The fraction of sp³-hybridized carbons (Fsp3) is 0.286. The van der Waals surface area contributed by atoms with Crippen LogP contribution in [0.4, 0.5) is 15.8 Å². The number of rotatable bonds is 6. The largest absolute Gasteiger partial charge is 0.497 e. The smallest absolute Gasteiger partial charge is 0.286 e. The van der Waals surface area contributed by atoms with Crippen molar-refractivity contribution >= 4 is 28.6 Å². The normalized spacial score (nSPS) is 14.5. The van der Waals surface area contributed by atoms with Crippen LogP contribution in [-0.4, -0.2) is 54.3 Å². The van der Waals surface area contributed by atoms with Crippen molar-refractivity contribution in [2.24, 2.45) is 0 Å². The number of nitrogens with one attached hydrogen (secondary N) is 1. The van der Waals surface area contributed by atoms with Gasteiger partial charge in [0.25, 0.3) is 5.91 Å². The van der Waals surface area contributed by atoms with Crippen LogP contribution in [0.15, 0.2) is 48.5 Å². The van der Waals surface area contributed by atoms with E-state index in [9.17, 15) is 9.18 Å². The molecule has 9 heteroatoms. The van der Waals surface area contributed by atoms with Crippen molar-refractivity contribution in [3.63, 3.8) is 0 Å². The number of hydrogen-bond acceptors (Lipinski definition) is 7. The minimum Gasteiger partial charge on any atom is -0.497 e. The molecule has 1 saturated heterocycles. The Hall–Kier alpha value is -3.04. The minimum atomic E-state index is -0.349. The third kappa shape index (κ3) is 4.92. The molecule has 0 radical (unpaired) electrons. The van der Waals surface area contributed by atoms with Crippen molar-refractivity contribution < 1.29 is 13.9 Å². The summed E-state index contributed by atoms with van der Waals surface area (Å²) in [7, 11) is 1.67. The summed E-state index contributed by atoms with van der Waals surface area (Å²) in [5.74, 6) is 0.168. The standard InChI is InChI=1S/C21H22FN5O2S/c1-29-18-4-2-3-17(13-18)27-11-9-26(10-12-27)14-19-24-25-21(30-19)20(28)23-16-7-5-15(22)6-8-16/h2-8,13H,9-12,14H2,1H3,(H,23,28). The van der Waals surface area contributed by atoms with Crippen LogP contribution in [-0.2, 0) is 6.54 Å². The molecule has 1 fully saturated rings.